The van der Waals surface area contributed by atoms with Crippen LogP contribution in [0.3, 0.4) is 0 Å². The Morgan fingerprint density at radius 1 is 1.42 bits per heavy atom. The zero-order valence-electron chi connectivity index (χ0n) is 11.2. The van der Waals surface area contributed by atoms with E-state index in [0.717, 1.165) is 16.5 Å². The lowest BCUT2D eigenvalue weighted by Gasteiger charge is -2.20. The van der Waals surface area contributed by atoms with E-state index in [9.17, 15) is 4.79 Å². The SMILES string of the molecule is COC(=O)CC(c1ccc2ncccc2c1)C(C)N. The minimum Gasteiger partial charge on any atom is -0.469 e. The smallest absolute Gasteiger partial charge is 0.306 e. The van der Waals surface area contributed by atoms with Crippen molar-refractivity contribution in [1.82, 2.24) is 4.98 Å². The van der Waals surface area contributed by atoms with E-state index in [1.807, 2.05) is 37.3 Å². The highest BCUT2D eigenvalue weighted by Gasteiger charge is 2.20. The molecule has 0 spiro atoms. The fourth-order valence-electron chi connectivity index (χ4n) is 2.19. The molecule has 0 bridgehead atoms. The quantitative estimate of drug-likeness (QED) is 0.854. The van der Waals surface area contributed by atoms with Gasteiger partial charge in [0, 0.05) is 23.5 Å². The number of ether oxygens (including phenoxy) is 1. The summed E-state index contributed by atoms with van der Waals surface area (Å²) in [6.07, 6.45) is 2.05. The number of rotatable bonds is 4. The third-order valence-electron chi connectivity index (χ3n) is 3.30. The summed E-state index contributed by atoms with van der Waals surface area (Å²) in [5.41, 5.74) is 7.97. The maximum absolute atomic E-state index is 11.5. The van der Waals surface area contributed by atoms with Crippen molar-refractivity contribution in [2.24, 2.45) is 5.73 Å². The molecule has 0 aliphatic rings. The third-order valence-corrected chi connectivity index (χ3v) is 3.30. The Morgan fingerprint density at radius 2 is 2.21 bits per heavy atom. The molecule has 2 N–H and O–H groups in total. The minimum absolute atomic E-state index is 0.0444. The van der Waals surface area contributed by atoms with Gasteiger partial charge in [0.05, 0.1) is 19.0 Å². The van der Waals surface area contributed by atoms with Crippen LogP contribution in [-0.2, 0) is 9.53 Å². The molecule has 2 rings (SSSR count). The number of nitrogens with two attached hydrogens (primary N) is 1. The van der Waals surface area contributed by atoms with E-state index >= 15 is 0 Å². The van der Waals surface area contributed by atoms with E-state index in [1.165, 1.54) is 7.11 Å². The molecule has 1 aromatic heterocycles. The van der Waals surface area contributed by atoms with E-state index in [4.69, 9.17) is 10.5 Å². The second-order valence-corrected chi connectivity index (χ2v) is 4.70. The van der Waals surface area contributed by atoms with E-state index in [0.29, 0.717) is 6.42 Å². The third kappa shape index (κ3) is 3.09. The Balaban J connectivity index is 2.36. The Labute approximate surface area is 112 Å². The Bertz CT molecular complexity index is 581. The molecule has 1 heterocycles. The molecule has 0 aliphatic heterocycles. The summed E-state index contributed by atoms with van der Waals surface area (Å²) in [7, 11) is 1.39. The summed E-state index contributed by atoms with van der Waals surface area (Å²) in [5, 5.41) is 1.05. The summed E-state index contributed by atoms with van der Waals surface area (Å²) < 4.78 is 4.73. The normalized spacial score (nSPS) is 14.1. The number of esters is 1. The average Bonchev–Trinajstić information content (AvgIpc) is 2.43. The van der Waals surface area contributed by atoms with Gasteiger partial charge in [-0.2, -0.15) is 0 Å². The number of pyridine rings is 1. The van der Waals surface area contributed by atoms with Crippen LogP contribution >= 0.6 is 0 Å². The predicted octanol–water partition coefficient (Wildman–Crippen LogP) is 2.23. The zero-order valence-corrected chi connectivity index (χ0v) is 11.2. The largest absolute Gasteiger partial charge is 0.469 e. The first-order chi connectivity index (χ1) is 9.11. The zero-order chi connectivity index (χ0) is 13.8. The van der Waals surface area contributed by atoms with Gasteiger partial charge in [-0.3, -0.25) is 9.78 Å². The van der Waals surface area contributed by atoms with Crippen molar-refractivity contribution in [3.8, 4) is 0 Å². The topological polar surface area (TPSA) is 65.2 Å². The van der Waals surface area contributed by atoms with Crippen molar-refractivity contribution in [3.05, 3.63) is 42.1 Å². The van der Waals surface area contributed by atoms with Crippen LogP contribution < -0.4 is 5.73 Å². The van der Waals surface area contributed by atoms with Gasteiger partial charge in [0.15, 0.2) is 0 Å². The lowest BCUT2D eigenvalue weighted by Crippen LogP contribution is -2.27. The lowest BCUT2D eigenvalue weighted by atomic mass is 9.89. The van der Waals surface area contributed by atoms with Crippen LogP contribution in [0.5, 0.6) is 0 Å². The van der Waals surface area contributed by atoms with Crippen molar-refractivity contribution in [3.63, 3.8) is 0 Å². The average molecular weight is 258 g/mol. The number of carbonyl (C=O) groups excluding carboxylic acids is 1. The summed E-state index contributed by atoms with van der Waals surface area (Å²) in [6, 6.07) is 9.76. The first-order valence-electron chi connectivity index (χ1n) is 6.29. The molecular weight excluding hydrogens is 240 g/mol. The van der Waals surface area contributed by atoms with Gasteiger partial charge in [-0.1, -0.05) is 12.1 Å². The summed E-state index contributed by atoms with van der Waals surface area (Å²) in [5.74, 6) is -0.286. The fraction of sp³-hybridized carbons (Fsp3) is 0.333. The van der Waals surface area contributed by atoms with Gasteiger partial charge < -0.3 is 10.5 Å². The molecule has 2 aromatic rings. The Hall–Kier alpha value is -1.94. The van der Waals surface area contributed by atoms with Crippen LogP contribution in [0.15, 0.2) is 36.5 Å². The highest BCUT2D eigenvalue weighted by molar-refractivity contribution is 5.79. The molecule has 2 atom stereocenters. The second kappa shape index (κ2) is 5.80. The van der Waals surface area contributed by atoms with Gasteiger partial charge in [-0.15, -0.1) is 0 Å². The van der Waals surface area contributed by atoms with Crippen molar-refractivity contribution in [1.29, 1.82) is 0 Å². The standard InChI is InChI=1S/C15H18N2O2/c1-10(16)13(9-15(18)19-2)11-5-6-14-12(8-11)4-3-7-17-14/h3-8,10,13H,9,16H2,1-2H3. The molecule has 4 nitrogen and oxygen atoms in total. The summed E-state index contributed by atoms with van der Waals surface area (Å²) >= 11 is 0. The molecular formula is C15H18N2O2. The van der Waals surface area contributed by atoms with E-state index < -0.39 is 0 Å². The molecule has 0 amide bonds. The van der Waals surface area contributed by atoms with E-state index in [-0.39, 0.29) is 17.9 Å². The maximum atomic E-state index is 11.5. The molecule has 0 aliphatic carbocycles. The molecule has 1 aromatic carbocycles. The van der Waals surface area contributed by atoms with E-state index in [2.05, 4.69) is 4.98 Å². The maximum Gasteiger partial charge on any atom is 0.306 e. The Kier molecular flexibility index (Phi) is 4.12. The molecule has 0 saturated heterocycles. The Morgan fingerprint density at radius 3 is 2.89 bits per heavy atom. The minimum atomic E-state index is -0.242. The monoisotopic (exact) mass is 258 g/mol. The predicted molar refractivity (Wildman–Crippen MR) is 74.8 cm³/mol. The fourth-order valence-corrected chi connectivity index (χ4v) is 2.19. The first kappa shape index (κ1) is 13.5. The molecule has 19 heavy (non-hydrogen) atoms. The molecule has 0 fully saturated rings. The van der Waals surface area contributed by atoms with Crippen LogP contribution in [0.25, 0.3) is 10.9 Å². The van der Waals surface area contributed by atoms with Crippen molar-refractivity contribution >= 4 is 16.9 Å². The van der Waals surface area contributed by atoms with Gasteiger partial charge in [0.1, 0.15) is 0 Å². The van der Waals surface area contributed by atoms with Crippen LogP contribution in [0, 0.1) is 0 Å². The number of carbonyl (C=O) groups is 1. The number of aromatic nitrogens is 1. The molecule has 4 heteroatoms. The van der Waals surface area contributed by atoms with Gasteiger partial charge in [0.25, 0.3) is 0 Å². The van der Waals surface area contributed by atoms with Crippen LogP contribution in [-0.4, -0.2) is 24.1 Å². The van der Waals surface area contributed by atoms with Gasteiger partial charge >= 0.3 is 5.97 Å². The van der Waals surface area contributed by atoms with E-state index in [1.54, 1.807) is 6.20 Å². The molecule has 100 valence electrons. The number of hydrogen-bond acceptors (Lipinski definition) is 4. The second-order valence-electron chi connectivity index (χ2n) is 4.70. The lowest BCUT2D eigenvalue weighted by molar-refractivity contribution is -0.141. The number of hydrogen-bond donors (Lipinski definition) is 1. The number of nitrogens with zero attached hydrogens (tertiary/aromatic N) is 1. The summed E-state index contributed by atoms with van der Waals surface area (Å²) in [4.78, 5) is 15.8. The summed E-state index contributed by atoms with van der Waals surface area (Å²) in [6.45, 7) is 1.90. The molecule has 0 radical (unpaired) electrons. The van der Waals surface area contributed by atoms with Crippen LogP contribution in [0.4, 0.5) is 0 Å². The van der Waals surface area contributed by atoms with Gasteiger partial charge in [0.2, 0.25) is 0 Å². The van der Waals surface area contributed by atoms with Crippen molar-refractivity contribution < 1.29 is 9.53 Å². The van der Waals surface area contributed by atoms with Crippen LogP contribution in [0.1, 0.15) is 24.8 Å². The number of benzene rings is 1. The van der Waals surface area contributed by atoms with Gasteiger partial charge in [-0.05, 0) is 30.7 Å². The highest BCUT2D eigenvalue weighted by Crippen LogP contribution is 2.26. The van der Waals surface area contributed by atoms with Crippen molar-refractivity contribution in [2.75, 3.05) is 7.11 Å². The molecule has 2 unspecified atom stereocenters. The molecule has 0 saturated carbocycles. The first-order valence-corrected chi connectivity index (χ1v) is 6.29. The highest BCUT2D eigenvalue weighted by atomic mass is 16.5. The van der Waals surface area contributed by atoms with Crippen LogP contribution in [0.2, 0.25) is 0 Å². The van der Waals surface area contributed by atoms with Crippen molar-refractivity contribution in [2.45, 2.75) is 25.3 Å². The van der Waals surface area contributed by atoms with Gasteiger partial charge in [-0.25, -0.2) is 0 Å². The number of methoxy groups -OCH3 is 1. The number of fused-ring (bicyclic) bond motifs is 1.